The van der Waals surface area contributed by atoms with E-state index in [-0.39, 0.29) is 11.3 Å². The summed E-state index contributed by atoms with van der Waals surface area (Å²) in [7, 11) is 0. The minimum Gasteiger partial charge on any atom is -0.387 e. The lowest BCUT2D eigenvalue weighted by Crippen LogP contribution is -2.18. The first kappa shape index (κ1) is 16.1. The molecule has 2 unspecified atom stereocenters. The molecule has 0 fully saturated rings. The van der Waals surface area contributed by atoms with Gasteiger partial charge in [0.05, 0.1) is 11.8 Å². The molecule has 1 aromatic rings. The van der Waals surface area contributed by atoms with Crippen LogP contribution in [0.1, 0.15) is 59.3 Å². The van der Waals surface area contributed by atoms with Crippen molar-refractivity contribution in [3.8, 4) is 0 Å². The summed E-state index contributed by atoms with van der Waals surface area (Å²) in [5.74, 6) is 0.333. The molecule has 4 nitrogen and oxygen atoms in total. The molecule has 0 aliphatic heterocycles. The first-order chi connectivity index (χ1) is 8.67. The van der Waals surface area contributed by atoms with E-state index in [4.69, 9.17) is 0 Å². The molecule has 0 spiro atoms. The first-order valence-corrected chi connectivity index (χ1v) is 7.48. The number of thiazole rings is 1. The maximum absolute atomic E-state index is 11.9. The van der Waals surface area contributed by atoms with Gasteiger partial charge < -0.3 is 10.4 Å². The predicted octanol–water partition coefficient (Wildman–Crippen LogP) is 3.60. The van der Waals surface area contributed by atoms with Crippen LogP contribution in [0.2, 0.25) is 0 Å². The number of aliphatic hydroxyl groups is 1. The van der Waals surface area contributed by atoms with Gasteiger partial charge in [0.25, 0.3) is 0 Å². The highest BCUT2D eigenvalue weighted by molar-refractivity contribution is 7.13. The molecule has 2 N–H and O–H groups in total. The van der Waals surface area contributed by atoms with Gasteiger partial charge in [-0.25, -0.2) is 4.98 Å². The quantitative estimate of drug-likeness (QED) is 0.868. The summed E-state index contributed by atoms with van der Waals surface area (Å²) in [6, 6.07) is 0. The summed E-state index contributed by atoms with van der Waals surface area (Å²) >= 11 is 1.34. The zero-order chi connectivity index (χ0) is 14.6. The minimum atomic E-state index is -0.596. The van der Waals surface area contributed by atoms with Crippen LogP contribution >= 0.6 is 11.3 Å². The average molecular weight is 284 g/mol. The maximum atomic E-state index is 11.9. The van der Waals surface area contributed by atoms with Gasteiger partial charge in [-0.1, -0.05) is 27.7 Å². The number of nitrogens with one attached hydrogen (secondary N) is 1. The summed E-state index contributed by atoms with van der Waals surface area (Å²) in [4.78, 5) is 16.0. The van der Waals surface area contributed by atoms with Crippen molar-refractivity contribution in [1.82, 2.24) is 4.98 Å². The van der Waals surface area contributed by atoms with Gasteiger partial charge in [0, 0.05) is 11.8 Å². The molecule has 1 amide bonds. The number of aromatic nitrogens is 1. The van der Waals surface area contributed by atoms with E-state index in [9.17, 15) is 9.90 Å². The molecule has 2 atom stereocenters. The van der Waals surface area contributed by atoms with E-state index in [1.807, 2.05) is 0 Å². The van der Waals surface area contributed by atoms with E-state index in [1.165, 1.54) is 11.3 Å². The normalized spacial score (nSPS) is 15.1. The molecule has 0 aliphatic carbocycles. The molecular formula is C14H24N2O2S. The topological polar surface area (TPSA) is 62.2 Å². The van der Waals surface area contributed by atoms with E-state index in [0.29, 0.717) is 23.2 Å². The van der Waals surface area contributed by atoms with Gasteiger partial charge in [0.15, 0.2) is 5.13 Å². The summed E-state index contributed by atoms with van der Waals surface area (Å²) < 4.78 is 0. The Kier molecular flexibility index (Phi) is 5.50. The molecule has 19 heavy (non-hydrogen) atoms. The van der Waals surface area contributed by atoms with Crippen molar-refractivity contribution in [2.45, 2.75) is 53.6 Å². The maximum Gasteiger partial charge on any atom is 0.226 e. The molecule has 1 heterocycles. The number of carbonyl (C=O) groups is 1. The fourth-order valence-corrected chi connectivity index (χ4v) is 2.95. The van der Waals surface area contributed by atoms with Gasteiger partial charge in [-0.15, -0.1) is 11.3 Å². The number of hydrogen-bond donors (Lipinski definition) is 2. The second kappa shape index (κ2) is 6.48. The summed E-state index contributed by atoms with van der Waals surface area (Å²) in [6.07, 6.45) is 0.916. The van der Waals surface area contributed by atoms with Crippen molar-refractivity contribution in [1.29, 1.82) is 0 Å². The van der Waals surface area contributed by atoms with E-state index in [0.717, 1.165) is 6.42 Å². The van der Waals surface area contributed by atoms with Crippen LogP contribution in [0.15, 0.2) is 5.38 Å². The van der Waals surface area contributed by atoms with Gasteiger partial charge in [-0.05, 0) is 24.7 Å². The first-order valence-electron chi connectivity index (χ1n) is 6.61. The van der Waals surface area contributed by atoms with Crippen molar-refractivity contribution in [2.24, 2.45) is 11.3 Å². The molecule has 0 saturated heterocycles. The Morgan fingerprint density at radius 3 is 2.58 bits per heavy atom. The molecule has 5 heteroatoms. The number of nitrogens with zero attached hydrogens (tertiary/aromatic N) is 1. The van der Waals surface area contributed by atoms with Crippen LogP contribution in [0.25, 0.3) is 0 Å². The van der Waals surface area contributed by atoms with E-state index in [2.05, 4.69) is 38.0 Å². The van der Waals surface area contributed by atoms with Gasteiger partial charge >= 0.3 is 0 Å². The molecule has 0 radical (unpaired) electrons. The Morgan fingerprint density at radius 1 is 1.47 bits per heavy atom. The van der Waals surface area contributed by atoms with Gasteiger partial charge in [0.2, 0.25) is 5.91 Å². The van der Waals surface area contributed by atoms with Crippen molar-refractivity contribution in [3.05, 3.63) is 11.1 Å². The smallest absolute Gasteiger partial charge is 0.226 e. The minimum absolute atomic E-state index is 0.0109. The van der Waals surface area contributed by atoms with Crippen LogP contribution in [0.3, 0.4) is 0 Å². The number of rotatable bonds is 5. The van der Waals surface area contributed by atoms with E-state index in [1.54, 1.807) is 12.3 Å². The molecule has 0 saturated carbocycles. The SMILES string of the molecule is CC(CC(=O)Nc1nc(C(C)O)cs1)CC(C)(C)C. The fraction of sp³-hybridized carbons (Fsp3) is 0.714. The third-order valence-electron chi connectivity index (χ3n) is 2.69. The molecule has 0 aliphatic rings. The highest BCUT2D eigenvalue weighted by Gasteiger charge is 2.18. The van der Waals surface area contributed by atoms with Gasteiger partial charge in [-0.3, -0.25) is 4.79 Å². The van der Waals surface area contributed by atoms with Crippen LogP contribution in [-0.4, -0.2) is 16.0 Å². The standard InChI is InChI=1S/C14H24N2O2S/c1-9(7-14(3,4)5)6-12(18)16-13-15-11(8-19-13)10(2)17/h8-10,17H,6-7H2,1-5H3,(H,15,16,18). The van der Waals surface area contributed by atoms with Crippen LogP contribution in [0, 0.1) is 11.3 Å². The Hall–Kier alpha value is -0.940. The lowest BCUT2D eigenvalue weighted by molar-refractivity contribution is -0.117. The summed E-state index contributed by atoms with van der Waals surface area (Å²) in [6.45, 7) is 10.3. The van der Waals surface area contributed by atoms with Crippen LogP contribution in [-0.2, 0) is 4.79 Å². The summed E-state index contributed by atoms with van der Waals surface area (Å²) in [5.41, 5.74) is 0.837. The van der Waals surface area contributed by atoms with Crippen LogP contribution < -0.4 is 5.32 Å². The number of carbonyl (C=O) groups excluding carboxylic acids is 1. The van der Waals surface area contributed by atoms with Crippen molar-refractivity contribution < 1.29 is 9.90 Å². The number of amides is 1. The molecular weight excluding hydrogens is 260 g/mol. The number of aliphatic hydroxyl groups excluding tert-OH is 1. The summed E-state index contributed by atoms with van der Waals surface area (Å²) in [5, 5.41) is 14.5. The monoisotopic (exact) mass is 284 g/mol. The van der Waals surface area contributed by atoms with Crippen LogP contribution in [0.4, 0.5) is 5.13 Å². The van der Waals surface area contributed by atoms with Crippen molar-refractivity contribution >= 4 is 22.4 Å². The second-order valence-corrected chi connectivity index (χ2v) is 7.23. The molecule has 1 aromatic heterocycles. The number of hydrogen-bond acceptors (Lipinski definition) is 4. The Balaban J connectivity index is 2.46. The molecule has 0 aromatic carbocycles. The average Bonchev–Trinajstić information content (AvgIpc) is 2.62. The fourth-order valence-electron chi connectivity index (χ4n) is 2.14. The lowest BCUT2D eigenvalue weighted by Gasteiger charge is -2.22. The van der Waals surface area contributed by atoms with E-state index < -0.39 is 6.10 Å². The third kappa shape index (κ3) is 6.16. The molecule has 0 bridgehead atoms. The largest absolute Gasteiger partial charge is 0.387 e. The van der Waals surface area contributed by atoms with Gasteiger partial charge in [-0.2, -0.15) is 0 Å². The zero-order valence-electron chi connectivity index (χ0n) is 12.4. The Bertz CT molecular complexity index is 421. The zero-order valence-corrected chi connectivity index (χ0v) is 13.2. The van der Waals surface area contributed by atoms with E-state index >= 15 is 0 Å². The highest BCUT2D eigenvalue weighted by atomic mass is 32.1. The highest BCUT2D eigenvalue weighted by Crippen LogP contribution is 2.26. The lowest BCUT2D eigenvalue weighted by atomic mass is 9.84. The molecule has 1 rings (SSSR count). The van der Waals surface area contributed by atoms with Crippen molar-refractivity contribution in [3.63, 3.8) is 0 Å². The Morgan fingerprint density at radius 2 is 2.11 bits per heavy atom. The van der Waals surface area contributed by atoms with Crippen molar-refractivity contribution in [2.75, 3.05) is 5.32 Å². The molecule has 108 valence electrons. The predicted molar refractivity (Wildman–Crippen MR) is 79.2 cm³/mol. The number of anilines is 1. The Labute approximate surface area is 119 Å². The second-order valence-electron chi connectivity index (χ2n) is 6.38. The van der Waals surface area contributed by atoms with Gasteiger partial charge in [0.1, 0.15) is 0 Å². The third-order valence-corrected chi connectivity index (χ3v) is 3.47. The van der Waals surface area contributed by atoms with Crippen LogP contribution in [0.5, 0.6) is 0 Å².